The number of carbonyl (C=O) groups is 1. The van der Waals surface area contributed by atoms with Crippen molar-refractivity contribution in [3.05, 3.63) is 33.9 Å². The third kappa shape index (κ3) is 2.65. The number of carboxylic acid groups (broad SMARTS) is 1. The van der Waals surface area contributed by atoms with Gasteiger partial charge in [0.05, 0.1) is 18.0 Å². The number of piperidine rings is 1. The highest BCUT2D eigenvalue weighted by atomic mass is 19.1. The summed E-state index contributed by atoms with van der Waals surface area (Å²) in [5, 5.41) is 12.7. The van der Waals surface area contributed by atoms with Gasteiger partial charge in [-0.2, -0.15) is 0 Å². The predicted octanol–water partition coefficient (Wildman–Crippen LogP) is 2.23. The SMILES string of the molecule is CNCC12CC1CN(c1c(F)cc3c(=O)c(C(=O)O)cn(C4CC4)c3c1OC)C2. The number of methoxy groups -OCH3 is 1. The standard InChI is InChI=1S/C21H24FN3O4/c1-23-9-21-6-11(21)7-24(10-21)17-15(22)5-13-16(19(17)29-2)25(12-3-4-12)8-14(18(13)26)20(27)28/h5,8,11-12,23H,3-4,6-7,9-10H2,1-2H3,(H,27,28). The normalized spacial score (nSPS) is 25.3. The predicted molar refractivity (Wildman–Crippen MR) is 107 cm³/mol. The first kappa shape index (κ1) is 18.4. The van der Waals surface area contributed by atoms with Gasteiger partial charge in [0, 0.05) is 37.3 Å². The van der Waals surface area contributed by atoms with E-state index in [1.165, 1.54) is 19.4 Å². The van der Waals surface area contributed by atoms with Gasteiger partial charge in [0.1, 0.15) is 11.3 Å². The molecule has 154 valence electrons. The highest BCUT2D eigenvalue weighted by molar-refractivity contribution is 5.97. The van der Waals surface area contributed by atoms with Crippen molar-refractivity contribution in [3.8, 4) is 5.75 Å². The number of hydrogen-bond donors (Lipinski definition) is 2. The lowest BCUT2D eigenvalue weighted by Gasteiger charge is -2.27. The zero-order valence-corrected chi connectivity index (χ0v) is 16.5. The number of carboxylic acids is 1. The van der Waals surface area contributed by atoms with Crippen LogP contribution >= 0.6 is 0 Å². The molecule has 5 rings (SSSR count). The van der Waals surface area contributed by atoms with E-state index in [1.54, 1.807) is 4.57 Å². The molecule has 2 N–H and O–H groups in total. The highest BCUT2D eigenvalue weighted by Crippen LogP contribution is 2.59. The molecule has 2 aliphatic carbocycles. The van der Waals surface area contributed by atoms with E-state index in [-0.39, 0.29) is 22.4 Å². The van der Waals surface area contributed by atoms with Crippen LogP contribution in [0.25, 0.3) is 10.9 Å². The maximum Gasteiger partial charge on any atom is 0.341 e. The first-order chi connectivity index (χ1) is 13.9. The second kappa shape index (κ2) is 6.19. The number of aromatic carboxylic acids is 1. The Morgan fingerprint density at radius 2 is 2.21 bits per heavy atom. The summed E-state index contributed by atoms with van der Waals surface area (Å²) in [4.78, 5) is 26.4. The molecule has 1 aliphatic heterocycles. The second-order valence-corrected chi connectivity index (χ2v) is 8.63. The number of rotatable bonds is 6. The topological polar surface area (TPSA) is 83.8 Å². The Balaban J connectivity index is 1.72. The summed E-state index contributed by atoms with van der Waals surface area (Å²) in [5.41, 5.74) is 0.0204. The van der Waals surface area contributed by atoms with Crippen molar-refractivity contribution in [2.24, 2.45) is 11.3 Å². The van der Waals surface area contributed by atoms with E-state index in [9.17, 15) is 14.7 Å². The molecular formula is C21H24FN3O4. The number of nitrogens with zero attached hydrogens (tertiary/aromatic N) is 2. The lowest BCUT2D eigenvalue weighted by molar-refractivity contribution is 0.0695. The molecule has 0 bridgehead atoms. The van der Waals surface area contributed by atoms with Gasteiger partial charge in [-0.1, -0.05) is 0 Å². The molecule has 7 nitrogen and oxygen atoms in total. The summed E-state index contributed by atoms with van der Waals surface area (Å²) in [7, 11) is 3.41. The van der Waals surface area contributed by atoms with E-state index in [4.69, 9.17) is 4.74 Å². The number of pyridine rings is 1. The summed E-state index contributed by atoms with van der Waals surface area (Å²) in [6.07, 6.45) is 4.31. The van der Waals surface area contributed by atoms with E-state index >= 15 is 4.39 Å². The molecule has 0 spiro atoms. The lowest BCUT2D eigenvalue weighted by Crippen LogP contribution is -2.30. The molecule has 0 radical (unpaired) electrons. The van der Waals surface area contributed by atoms with Gasteiger partial charge >= 0.3 is 5.97 Å². The summed E-state index contributed by atoms with van der Waals surface area (Å²) in [5.74, 6) is -1.00. The van der Waals surface area contributed by atoms with Crippen LogP contribution in [0, 0.1) is 17.2 Å². The van der Waals surface area contributed by atoms with Crippen molar-refractivity contribution in [3.63, 3.8) is 0 Å². The van der Waals surface area contributed by atoms with Crippen LogP contribution in [0.5, 0.6) is 5.75 Å². The molecule has 3 aliphatic rings. The number of ether oxygens (including phenoxy) is 1. The zero-order valence-electron chi connectivity index (χ0n) is 16.5. The monoisotopic (exact) mass is 401 g/mol. The average molecular weight is 401 g/mol. The van der Waals surface area contributed by atoms with E-state index in [2.05, 4.69) is 5.32 Å². The number of nitrogens with one attached hydrogen (secondary N) is 1. The van der Waals surface area contributed by atoms with Crippen LogP contribution in [-0.2, 0) is 0 Å². The Bertz CT molecular complexity index is 1090. The van der Waals surface area contributed by atoms with Crippen molar-refractivity contribution in [1.82, 2.24) is 9.88 Å². The number of aromatic nitrogens is 1. The number of anilines is 1. The quantitative estimate of drug-likeness (QED) is 0.772. The molecule has 2 atom stereocenters. The molecule has 1 aromatic heterocycles. The molecule has 1 aromatic carbocycles. The fourth-order valence-corrected chi connectivity index (χ4v) is 5.11. The smallest absolute Gasteiger partial charge is 0.341 e. The van der Waals surface area contributed by atoms with Crippen LogP contribution in [0.2, 0.25) is 0 Å². The maximum absolute atomic E-state index is 15.3. The van der Waals surface area contributed by atoms with Gasteiger partial charge < -0.3 is 24.6 Å². The first-order valence-electron chi connectivity index (χ1n) is 9.98. The number of benzene rings is 1. The van der Waals surface area contributed by atoms with Crippen LogP contribution in [0.1, 0.15) is 35.7 Å². The fraction of sp³-hybridized carbons (Fsp3) is 0.524. The Morgan fingerprint density at radius 1 is 1.45 bits per heavy atom. The summed E-state index contributed by atoms with van der Waals surface area (Å²) in [6.45, 7) is 2.37. The number of fused-ring (bicyclic) bond motifs is 2. The van der Waals surface area contributed by atoms with Gasteiger partial charge in [-0.3, -0.25) is 4.79 Å². The molecule has 3 fully saturated rings. The maximum atomic E-state index is 15.3. The van der Waals surface area contributed by atoms with Gasteiger partial charge in [-0.05, 0) is 38.3 Å². The Hall–Kier alpha value is -2.61. The Kier molecular flexibility index (Phi) is 3.93. The zero-order chi connectivity index (χ0) is 20.5. The van der Waals surface area contributed by atoms with E-state index in [0.717, 1.165) is 38.9 Å². The minimum atomic E-state index is -1.30. The van der Waals surface area contributed by atoms with Crippen LogP contribution in [0.4, 0.5) is 10.1 Å². The van der Waals surface area contributed by atoms with Crippen molar-refractivity contribution in [1.29, 1.82) is 0 Å². The van der Waals surface area contributed by atoms with Gasteiger partial charge in [0.25, 0.3) is 0 Å². The van der Waals surface area contributed by atoms with Crippen molar-refractivity contribution in [2.45, 2.75) is 25.3 Å². The van der Waals surface area contributed by atoms with Crippen LogP contribution < -0.4 is 20.4 Å². The van der Waals surface area contributed by atoms with Gasteiger partial charge in [-0.15, -0.1) is 0 Å². The van der Waals surface area contributed by atoms with Crippen LogP contribution in [0.15, 0.2) is 17.1 Å². The number of hydrogen-bond acceptors (Lipinski definition) is 5. The van der Waals surface area contributed by atoms with Gasteiger partial charge in [-0.25, -0.2) is 9.18 Å². The first-order valence-corrected chi connectivity index (χ1v) is 9.98. The van der Waals surface area contributed by atoms with E-state index in [1.807, 2.05) is 11.9 Å². The molecule has 2 heterocycles. The molecule has 8 heteroatoms. The number of halogens is 1. The molecule has 2 unspecified atom stereocenters. The third-order valence-corrected chi connectivity index (χ3v) is 6.72. The van der Waals surface area contributed by atoms with Crippen molar-refractivity contribution < 1.29 is 19.0 Å². The fourth-order valence-electron chi connectivity index (χ4n) is 5.11. The second-order valence-electron chi connectivity index (χ2n) is 8.63. The van der Waals surface area contributed by atoms with Gasteiger partial charge in [0.15, 0.2) is 11.6 Å². The lowest BCUT2D eigenvalue weighted by atomic mass is 10.1. The summed E-state index contributed by atoms with van der Waals surface area (Å²) in [6, 6.07) is 1.29. The minimum Gasteiger partial charge on any atom is -0.492 e. The van der Waals surface area contributed by atoms with Crippen LogP contribution in [-0.4, -0.2) is 49.4 Å². The molecular weight excluding hydrogens is 377 g/mol. The van der Waals surface area contributed by atoms with Gasteiger partial charge in [0.2, 0.25) is 5.43 Å². The highest BCUT2D eigenvalue weighted by Gasteiger charge is 2.59. The molecule has 0 amide bonds. The summed E-state index contributed by atoms with van der Waals surface area (Å²) < 4.78 is 22.8. The Labute approximate surface area is 167 Å². The van der Waals surface area contributed by atoms with Crippen molar-refractivity contribution in [2.75, 3.05) is 38.7 Å². The molecule has 2 saturated carbocycles. The Morgan fingerprint density at radius 3 is 2.83 bits per heavy atom. The van der Waals surface area contributed by atoms with Crippen molar-refractivity contribution >= 4 is 22.6 Å². The minimum absolute atomic E-state index is 0.0594. The molecule has 29 heavy (non-hydrogen) atoms. The van der Waals surface area contributed by atoms with E-state index in [0.29, 0.717) is 22.9 Å². The van der Waals surface area contributed by atoms with Crippen LogP contribution in [0.3, 0.4) is 0 Å². The van der Waals surface area contributed by atoms with E-state index < -0.39 is 17.2 Å². The molecule has 1 saturated heterocycles. The largest absolute Gasteiger partial charge is 0.492 e. The average Bonchev–Trinajstić information content (AvgIpc) is 3.59. The summed E-state index contributed by atoms with van der Waals surface area (Å²) >= 11 is 0. The third-order valence-electron chi connectivity index (χ3n) is 6.72. The molecule has 2 aromatic rings.